The number of benzene rings is 6. The summed E-state index contributed by atoms with van der Waals surface area (Å²) in [5.41, 5.74) is 1.50. The molecule has 0 bridgehead atoms. The summed E-state index contributed by atoms with van der Waals surface area (Å²) in [6.07, 6.45) is -2.21. The van der Waals surface area contributed by atoms with Gasteiger partial charge in [0.1, 0.15) is 36.5 Å². The Bertz CT molecular complexity index is 3500. The summed E-state index contributed by atoms with van der Waals surface area (Å²) < 4.78 is 39.5. The van der Waals surface area contributed by atoms with E-state index in [1.807, 2.05) is 71.6 Å². The van der Waals surface area contributed by atoms with Crippen LogP contribution in [-0.2, 0) is 67.9 Å². The van der Waals surface area contributed by atoms with Gasteiger partial charge in [-0.3, -0.25) is 39.0 Å². The zero-order valence-electron chi connectivity index (χ0n) is 45.1. The number of methoxy groups -OCH3 is 4. The van der Waals surface area contributed by atoms with Gasteiger partial charge in [-0.15, -0.1) is 0 Å². The molecule has 3 amide bonds. The summed E-state index contributed by atoms with van der Waals surface area (Å²) in [7, 11) is 5.28. The largest absolute Gasteiger partial charge is 0.493 e. The van der Waals surface area contributed by atoms with Gasteiger partial charge in [-0.1, -0.05) is 84.6 Å². The SMILES string of the molecule is COC(=O)C(CC#Cc1ccc2c(c1)[C@]1(C(=O)N2C(=O)OCc2ccc([N+](=O)[O-])cc2)[C@H](C(=O)N2CCc3cc(OC)c(OC)cc3C2)[C@H]2C(=O)O[C@H](c3ccccc3)[C@H](c3ccccc3)N2[C@@H]1c1ccc(OCCO)cc1)C(=O)OC. The minimum absolute atomic E-state index is 0.00823. The van der Waals surface area contributed by atoms with Gasteiger partial charge in [0.05, 0.1) is 63.7 Å². The van der Waals surface area contributed by atoms with Crippen LogP contribution in [0.3, 0.4) is 0 Å². The minimum Gasteiger partial charge on any atom is -0.493 e. The first kappa shape index (κ1) is 55.7. The van der Waals surface area contributed by atoms with E-state index in [9.17, 15) is 24.8 Å². The fourth-order valence-corrected chi connectivity index (χ4v) is 11.8. The molecule has 0 unspecified atom stereocenters. The number of nitro groups is 1. The molecule has 0 saturated carbocycles. The molecule has 20 heteroatoms. The van der Waals surface area contributed by atoms with Crippen molar-refractivity contribution in [3.63, 3.8) is 0 Å². The molecule has 2 fully saturated rings. The van der Waals surface area contributed by atoms with Crippen molar-refractivity contribution in [2.75, 3.05) is 53.1 Å². The molecule has 1 spiro atoms. The Morgan fingerprint density at radius 3 is 2.05 bits per heavy atom. The lowest BCUT2D eigenvalue weighted by Crippen LogP contribution is -2.57. The van der Waals surface area contributed by atoms with Gasteiger partial charge in [-0.2, -0.15) is 0 Å². The smallest absolute Gasteiger partial charge is 0.421 e. The van der Waals surface area contributed by atoms with E-state index in [1.165, 1.54) is 50.6 Å². The Morgan fingerprint density at radius 2 is 1.43 bits per heavy atom. The van der Waals surface area contributed by atoms with Crippen molar-refractivity contribution in [3.8, 4) is 29.1 Å². The topological polar surface area (TPSA) is 240 Å². The number of esters is 3. The molecule has 10 rings (SSSR count). The number of anilines is 1. The average Bonchev–Trinajstić information content (AvgIpc) is 1.99. The van der Waals surface area contributed by atoms with Crippen molar-refractivity contribution < 1.29 is 72.0 Å². The highest BCUT2D eigenvalue weighted by atomic mass is 16.6. The van der Waals surface area contributed by atoms with Crippen LogP contribution < -0.4 is 19.1 Å². The molecule has 0 radical (unpaired) electrons. The average molecular weight is 1110 g/mol. The molecule has 6 aromatic rings. The monoisotopic (exact) mass is 1110 g/mol. The lowest BCUT2D eigenvalue weighted by Gasteiger charge is -2.46. The molecule has 4 aliphatic rings. The van der Waals surface area contributed by atoms with E-state index in [4.69, 9.17) is 33.2 Å². The molecule has 0 aliphatic carbocycles. The standard InChI is InChI=1S/C62H56N4O16/c1-76-49-33-42-28-29-63(35-43(42)34-50(49)77-2)56(68)51-53-59(71)82-54(40-15-9-6-10-16-40)52(39-13-7-5-8-14-39)65(53)55(41-21-25-45(26-22-41)80-31-30-67)62(51)47-32-37(12-11-17-46(57(69)78-3)58(70)79-4)20-27-48(47)64(60(62)72)61(73)81-36-38-18-23-44(24-19-38)66(74)75/h5-10,13-16,18-27,32-34,46,51-55,67H,17,28-31,35-36H2,1-4H3/t51-,52-,53-,54+,55+,62-/m0/s1. The molecule has 82 heavy (non-hydrogen) atoms. The second-order valence-corrected chi connectivity index (χ2v) is 19.8. The number of ether oxygens (including phenoxy) is 7. The lowest BCUT2D eigenvalue weighted by molar-refractivity contribution is -0.384. The summed E-state index contributed by atoms with van der Waals surface area (Å²) >= 11 is 0. The first-order valence-corrected chi connectivity index (χ1v) is 26.3. The van der Waals surface area contributed by atoms with E-state index in [-0.39, 0.29) is 55.2 Å². The van der Waals surface area contributed by atoms with Gasteiger partial charge in [0, 0.05) is 37.2 Å². The minimum atomic E-state index is -2.26. The number of rotatable bonds is 15. The van der Waals surface area contributed by atoms with Crippen molar-refractivity contribution in [2.45, 2.75) is 55.6 Å². The second kappa shape index (κ2) is 23.6. The molecule has 2 saturated heterocycles. The number of fused-ring (bicyclic) bond motifs is 4. The molecule has 6 atom stereocenters. The predicted octanol–water partition coefficient (Wildman–Crippen LogP) is 7.27. The Labute approximate surface area is 471 Å². The first-order chi connectivity index (χ1) is 39.8. The molecule has 1 N–H and O–H groups in total. The third-order valence-electron chi connectivity index (χ3n) is 15.5. The van der Waals surface area contributed by atoms with Crippen LogP contribution in [-0.4, -0.2) is 110 Å². The maximum absolute atomic E-state index is 17.0. The van der Waals surface area contributed by atoms with Crippen LogP contribution in [0.2, 0.25) is 0 Å². The quantitative estimate of drug-likeness (QED) is 0.0265. The van der Waals surface area contributed by atoms with Crippen molar-refractivity contribution in [3.05, 3.63) is 194 Å². The lowest BCUT2D eigenvalue weighted by atomic mass is 9.64. The summed E-state index contributed by atoms with van der Waals surface area (Å²) in [4.78, 5) is 105. The van der Waals surface area contributed by atoms with Crippen LogP contribution in [0.15, 0.2) is 140 Å². The molecule has 420 valence electrons. The molecule has 6 aromatic carbocycles. The van der Waals surface area contributed by atoms with Crippen LogP contribution in [0.25, 0.3) is 0 Å². The van der Waals surface area contributed by atoms with Gasteiger partial charge in [0.15, 0.2) is 17.4 Å². The third kappa shape index (κ3) is 10.1. The number of carbonyl (C=O) groups is 6. The van der Waals surface area contributed by atoms with Gasteiger partial charge in [0.2, 0.25) is 11.8 Å². The zero-order valence-corrected chi connectivity index (χ0v) is 45.1. The number of carbonyl (C=O) groups excluding carboxylic acids is 6. The fourth-order valence-electron chi connectivity index (χ4n) is 11.8. The van der Waals surface area contributed by atoms with Gasteiger partial charge >= 0.3 is 24.0 Å². The number of non-ortho nitro benzene ring substituents is 1. The molecular weight excluding hydrogens is 1060 g/mol. The number of hydrogen-bond acceptors (Lipinski definition) is 17. The molecular formula is C62H56N4O16. The molecule has 4 aliphatic heterocycles. The highest BCUT2D eigenvalue weighted by molar-refractivity contribution is 6.23. The maximum atomic E-state index is 17.0. The van der Waals surface area contributed by atoms with E-state index >= 15 is 19.2 Å². The number of aliphatic hydroxyl groups is 1. The van der Waals surface area contributed by atoms with Crippen LogP contribution in [0, 0.1) is 33.8 Å². The molecule has 20 nitrogen and oxygen atoms in total. The van der Waals surface area contributed by atoms with Crippen LogP contribution in [0.1, 0.15) is 69.1 Å². The Kier molecular flexibility index (Phi) is 16.1. The van der Waals surface area contributed by atoms with E-state index in [2.05, 4.69) is 11.8 Å². The fraction of sp³-hybridized carbons (Fsp3) is 0.290. The number of morpholine rings is 1. The first-order valence-electron chi connectivity index (χ1n) is 26.3. The highest BCUT2D eigenvalue weighted by Crippen LogP contribution is 2.66. The van der Waals surface area contributed by atoms with Crippen LogP contribution in [0.5, 0.6) is 17.2 Å². The molecule has 0 aromatic heterocycles. The van der Waals surface area contributed by atoms with E-state index in [0.29, 0.717) is 45.9 Å². The number of hydrogen-bond donors (Lipinski definition) is 1. The summed E-state index contributed by atoms with van der Waals surface area (Å²) in [6, 6.07) is 34.8. The van der Waals surface area contributed by atoms with E-state index < -0.39 is 88.8 Å². The van der Waals surface area contributed by atoms with Crippen molar-refractivity contribution in [1.82, 2.24) is 9.80 Å². The number of aliphatic hydroxyl groups excluding tert-OH is 1. The van der Waals surface area contributed by atoms with Gasteiger partial charge < -0.3 is 43.2 Å². The summed E-state index contributed by atoms with van der Waals surface area (Å²) in [5.74, 6) is -0.0725. The highest BCUT2D eigenvalue weighted by Gasteiger charge is 2.76. The zero-order chi connectivity index (χ0) is 57.8. The Balaban J connectivity index is 1.24. The number of cyclic esters (lactones) is 1. The summed E-state index contributed by atoms with van der Waals surface area (Å²) in [5, 5.41) is 21.3. The Hall–Kier alpha value is -9.58. The Morgan fingerprint density at radius 1 is 0.780 bits per heavy atom. The van der Waals surface area contributed by atoms with Gasteiger partial charge in [0.25, 0.3) is 5.69 Å². The van der Waals surface area contributed by atoms with Gasteiger partial charge in [-0.25, -0.2) is 9.69 Å². The predicted molar refractivity (Wildman–Crippen MR) is 292 cm³/mol. The molecule has 4 heterocycles. The number of imide groups is 1. The number of nitrogens with zero attached hydrogens (tertiary/aromatic N) is 4. The normalized spacial score (nSPS) is 20.6. The van der Waals surface area contributed by atoms with Crippen molar-refractivity contribution in [1.29, 1.82) is 0 Å². The maximum Gasteiger partial charge on any atom is 0.421 e. The third-order valence-corrected chi connectivity index (χ3v) is 15.5. The van der Waals surface area contributed by atoms with E-state index in [0.717, 1.165) is 30.2 Å². The summed E-state index contributed by atoms with van der Waals surface area (Å²) in [6.45, 7) is -0.626. The van der Waals surface area contributed by atoms with Crippen LogP contribution >= 0.6 is 0 Å². The second-order valence-electron chi connectivity index (χ2n) is 19.8. The van der Waals surface area contributed by atoms with E-state index in [1.54, 1.807) is 41.3 Å². The van der Waals surface area contributed by atoms with Gasteiger partial charge in [-0.05, 0) is 100.0 Å². The van der Waals surface area contributed by atoms with Crippen molar-refractivity contribution >= 4 is 47.2 Å². The van der Waals surface area contributed by atoms with Crippen LogP contribution in [0.4, 0.5) is 16.2 Å². The van der Waals surface area contributed by atoms with Crippen molar-refractivity contribution in [2.24, 2.45) is 11.8 Å². The number of amides is 3. The number of nitro benzene ring substituents is 1.